The van der Waals surface area contributed by atoms with Crippen LogP contribution in [0.2, 0.25) is 0 Å². The van der Waals surface area contributed by atoms with Gasteiger partial charge in [-0.2, -0.15) is 0 Å². The van der Waals surface area contributed by atoms with Crippen molar-refractivity contribution in [3.05, 3.63) is 16.1 Å². The number of hydrogen-bond acceptors (Lipinski definition) is 3. The highest BCUT2D eigenvalue weighted by atomic mass is 32.1. The summed E-state index contributed by atoms with van der Waals surface area (Å²) in [6.45, 7) is 4.40. The van der Waals surface area contributed by atoms with E-state index in [4.69, 9.17) is 4.98 Å². The van der Waals surface area contributed by atoms with Crippen LogP contribution in [0.1, 0.15) is 49.7 Å². The van der Waals surface area contributed by atoms with Crippen LogP contribution in [0.25, 0.3) is 0 Å². The molecule has 1 aromatic rings. The summed E-state index contributed by atoms with van der Waals surface area (Å²) in [5, 5.41) is 6.92. The maximum atomic E-state index is 4.73. The molecule has 0 aromatic carbocycles. The predicted molar refractivity (Wildman–Crippen MR) is 60.8 cm³/mol. The molecule has 0 bridgehead atoms. The van der Waals surface area contributed by atoms with Gasteiger partial charge >= 0.3 is 0 Å². The van der Waals surface area contributed by atoms with Crippen molar-refractivity contribution in [2.75, 3.05) is 7.05 Å². The van der Waals surface area contributed by atoms with E-state index < -0.39 is 0 Å². The Balaban J connectivity index is 2.23. The monoisotopic (exact) mass is 210 g/mol. The van der Waals surface area contributed by atoms with Crippen LogP contribution in [0.5, 0.6) is 0 Å². The highest BCUT2D eigenvalue weighted by Gasteiger charge is 2.39. The fourth-order valence-electron chi connectivity index (χ4n) is 1.87. The Bertz CT molecular complexity index is 307. The zero-order valence-corrected chi connectivity index (χ0v) is 9.95. The first-order chi connectivity index (χ1) is 6.68. The second kappa shape index (κ2) is 3.63. The van der Waals surface area contributed by atoms with Crippen LogP contribution < -0.4 is 5.32 Å². The maximum absolute atomic E-state index is 4.73. The second-order valence-corrected chi connectivity index (χ2v) is 5.28. The van der Waals surface area contributed by atoms with Crippen LogP contribution in [-0.4, -0.2) is 12.0 Å². The fourth-order valence-corrected chi connectivity index (χ4v) is 3.12. The van der Waals surface area contributed by atoms with Gasteiger partial charge in [0.25, 0.3) is 0 Å². The van der Waals surface area contributed by atoms with Crippen LogP contribution in [0.15, 0.2) is 5.38 Å². The molecule has 1 N–H and O–H groups in total. The minimum atomic E-state index is 0.220. The van der Waals surface area contributed by atoms with Crippen molar-refractivity contribution < 1.29 is 0 Å². The molecule has 14 heavy (non-hydrogen) atoms. The molecule has 1 fully saturated rings. The van der Waals surface area contributed by atoms with Crippen molar-refractivity contribution in [2.24, 2.45) is 0 Å². The molecule has 2 rings (SSSR count). The summed E-state index contributed by atoms with van der Waals surface area (Å²) >= 11 is 1.81. The van der Waals surface area contributed by atoms with Crippen molar-refractivity contribution in [1.82, 2.24) is 10.3 Å². The van der Waals surface area contributed by atoms with Crippen LogP contribution >= 0.6 is 11.3 Å². The highest BCUT2D eigenvalue weighted by Crippen LogP contribution is 2.42. The van der Waals surface area contributed by atoms with E-state index in [9.17, 15) is 0 Å². The van der Waals surface area contributed by atoms with Gasteiger partial charge in [-0.15, -0.1) is 11.3 Å². The number of aromatic nitrogens is 1. The average Bonchev–Trinajstić information content (AvgIpc) is 2.52. The van der Waals surface area contributed by atoms with Gasteiger partial charge in [-0.25, -0.2) is 4.98 Å². The maximum Gasteiger partial charge on any atom is 0.113 e. The third kappa shape index (κ3) is 1.48. The molecule has 1 aromatic heterocycles. The summed E-state index contributed by atoms with van der Waals surface area (Å²) in [5.74, 6) is 0.550. The lowest BCUT2D eigenvalue weighted by Crippen LogP contribution is -2.45. The van der Waals surface area contributed by atoms with Crippen LogP contribution in [0.3, 0.4) is 0 Å². The second-order valence-electron chi connectivity index (χ2n) is 4.42. The van der Waals surface area contributed by atoms with E-state index in [1.165, 1.54) is 30.0 Å². The summed E-state index contributed by atoms with van der Waals surface area (Å²) in [6.07, 6.45) is 3.82. The van der Waals surface area contributed by atoms with Crippen molar-refractivity contribution in [3.8, 4) is 0 Å². The molecule has 0 amide bonds. The van der Waals surface area contributed by atoms with Gasteiger partial charge in [-0.1, -0.05) is 13.8 Å². The molecule has 0 aliphatic heterocycles. The minimum absolute atomic E-state index is 0.220. The van der Waals surface area contributed by atoms with Gasteiger partial charge in [0.2, 0.25) is 0 Å². The minimum Gasteiger partial charge on any atom is -0.308 e. The van der Waals surface area contributed by atoms with Gasteiger partial charge < -0.3 is 5.32 Å². The van der Waals surface area contributed by atoms with Crippen molar-refractivity contribution in [2.45, 2.75) is 44.6 Å². The molecule has 0 saturated heterocycles. The van der Waals surface area contributed by atoms with Crippen LogP contribution in [-0.2, 0) is 5.54 Å². The molecule has 0 atom stereocenters. The Kier molecular flexibility index (Phi) is 2.62. The van der Waals surface area contributed by atoms with Crippen LogP contribution in [0, 0.1) is 0 Å². The average molecular weight is 210 g/mol. The Morgan fingerprint density at radius 3 is 2.57 bits per heavy atom. The molecule has 1 heterocycles. The molecular formula is C11H18N2S. The Labute approximate surface area is 89.8 Å². The molecule has 1 saturated carbocycles. The summed E-state index contributed by atoms with van der Waals surface area (Å²) in [6, 6.07) is 0. The van der Waals surface area contributed by atoms with Gasteiger partial charge in [-0.3, -0.25) is 0 Å². The molecule has 0 spiro atoms. The lowest BCUT2D eigenvalue weighted by Gasteiger charge is -2.39. The largest absolute Gasteiger partial charge is 0.308 e. The van der Waals surface area contributed by atoms with Crippen molar-refractivity contribution >= 4 is 11.3 Å². The van der Waals surface area contributed by atoms with E-state index in [1.54, 1.807) is 0 Å². The molecule has 78 valence electrons. The van der Waals surface area contributed by atoms with Gasteiger partial charge in [0.15, 0.2) is 0 Å². The highest BCUT2D eigenvalue weighted by molar-refractivity contribution is 7.09. The van der Waals surface area contributed by atoms with E-state index in [-0.39, 0.29) is 5.54 Å². The smallest absolute Gasteiger partial charge is 0.113 e. The number of nitrogens with one attached hydrogen (secondary N) is 1. The number of rotatable bonds is 3. The standard InChI is InChI=1S/C11H18N2S/c1-8(2)9-7-14-10(13-9)11(12-3)5-4-6-11/h7-8,12H,4-6H2,1-3H3. The molecular weight excluding hydrogens is 192 g/mol. The summed E-state index contributed by atoms with van der Waals surface area (Å²) in [4.78, 5) is 4.73. The van der Waals surface area contributed by atoms with E-state index in [2.05, 4.69) is 31.6 Å². The first-order valence-corrected chi connectivity index (χ1v) is 6.21. The lowest BCUT2D eigenvalue weighted by atomic mass is 9.77. The van der Waals surface area contributed by atoms with E-state index >= 15 is 0 Å². The Hall–Kier alpha value is -0.410. The molecule has 1 aliphatic carbocycles. The zero-order valence-electron chi connectivity index (χ0n) is 9.13. The van der Waals surface area contributed by atoms with Crippen LogP contribution in [0.4, 0.5) is 0 Å². The van der Waals surface area contributed by atoms with Gasteiger partial charge in [0, 0.05) is 5.38 Å². The number of thiazole rings is 1. The number of hydrogen-bond donors (Lipinski definition) is 1. The van der Waals surface area contributed by atoms with E-state index in [0.717, 1.165) is 0 Å². The predicted octanol–water partition coefficient (Wildman–Crippen LogP) is 2.87. The topological polar surface area (TPSA) is 24.9 Å². The third-order valence-corrected chi connectivity index (χ3v) is 4.27. The normalized spacial score (nSPS) is 19.7. The fraction of sp³-hybridized carbons (Fsp3) is 0.727. The quantitative estimate of drug-likeness (QED) is 0.830. The van der Waals surface area contributed by atoms with Gasteiger partial charge in [-0.05, 0) is 32.2 Å². The van der Waals surface area contributed by atoms with E-state index in [0.29, 0.717) is 5.92 Å². The first kappa shape index (κ1) is 10.1. The molecule has 1 aliphatic rings. The van der Waals surface area contributed by atoms with Gasteiger partial charge in [0.1, 0.15) is 5.01 Å². The number of nitrogens with zero attached hydrogens (tertiary/aromatic N) is 1. The Morgan fingerprint density at radius 1 is 1.50 bits per heavy atom. The SMILES string of the molecule is CNC1(c2nc(C(C)C)cs2)CCC1. The molecule has 2 nitrogen and oxygen atoms in total. The summed E-state index contributed by atoms with van der Waals surface area (Å²) in [5.41, 5.74) is 1.46. The zero-order chi connectivity index (χ0) is 10.2. The van der Waals surface area contributed by atoms with Crippen molar-refractivity contribution in [1.29, 1.82) is 0 Å². The lowest BCUT2D eigenvalue weighted by molar-refractivity contribution is 0.200. The summed E-state index contributed by atoms with van der Waals surface area (Å²) < 4.78 is 0. The summed E-state index contributed by atoms with van der Waals surface area (Å²) in [7, 11) is 2.05. The van der Waals surface area contributed by atoms with Gasteiger partial charge in [0.05, 0.1) is 11.2 Å². The molecule has 0 unspecified atom stereocenters. The Morgan fingerprint density at radius 2 is 2.21 bits per heavy atom. The molecule has 0 radical (unpaired) electrons. The van der Waals surface area contributed by atoms with E-state index in [1.807, 2.05) is 11.3 Å². The third-order valence-electron chi connectivity index (χ3n) is 3.21. The molecule has 3 heteroatoms. The first-order valence-electron chi connectivity index (χ1n) is 5.33. The van der Waals surface area contributed by atoms with Crippen molar-refractivity contribution in [3.63, 3.8) is 0 Å².